The summed E-state index contributed by atoms with van der Waals surface area (Å²) in [4.78, 5) is 12.3. The minimum Gasteiger partial charge on any atom is -0.508 e. The van der Waals surface area contributed by atoms with E-state index in [1.165, 1.54) is 26.4 Å². The summed E-state index contributed by atoms with van der Waals surface area (Å²) in [5.74, 6) is -3.64. The number of ether oxygens (including phenoxy) is 5. The Morgan fingerprint density at radius 3 is 1.97 bits per heavy atom. The third-order valence-electron chi connectivity index (χ3n) is 5.03. The van der Waals surface area contributed by atoms with E-state index in [0.29, 0.717) is 0 Å². The first kappa shape index (κ1) is 25.0. The third-order valence-corrected chi connectivity index (χ3v) is 5.03. The Hall–Kier alpha value is -3.65. The second-order valence-electron chi connectivity index (χ2n) is 7.27. The molecule has 1 aliphatic heterocycles. The Kier molecular flexibility index (Phi) is 7.41. The highest BCUT2D eigenvalue weighted by Crippen LogP contribution is 2.42. The van der Waals surface area contributed by atoms with Crippen LogP contribution in [-0.4, -0.2) is 93.2 Å². The summed E-state index contributed by atoms with van der Waals surface area (Å²) in [6.07, 6.45) is -8.15. The maximum atomic E-state index is 12.3. The molecule has 1 aliphatic rings. The van der Waals surface area contributed by atoms with Crippen molar-refractivity contribution in [3.63, 3.8) is 0 Å². The largest absolute Gasteiger partial charge is 0.508 e. The Morgan fingerprint density at radius 1 is 0.882 bits per heavy atom. The monoisotopic (exact) mass is 484 g/mol. The number of rotatable bonds is 7. The van der Waals surface area contributed by atoms with Crippen LogP contribution in [0.1, 0.15) is 10.4 Å². The maximum Gasteiger partial charge on any atom is 0.338 e. The van der Waals surface area contributed by atoms with Gasteiger partial charge < -0.3 is 59.4 Å². The van der Waals surface area contributed by atoms with Gasteiger partial charge in [0.05, 0.1) is 19.8 Å². The zero-order valence-corrected chi connectivity index (χ0v) is 18.0. The van der Waals surface area contributed by atoms with Gasteiger partial charge in [0, 0.05) is 12.1 Å². The van der Waals surface area contributed by atoms with Crippen molar-refractivity contribution in [1.29, 1.82) is 0 Å². The Labute approximate surface area is 192 Å². The number of aliphatic hydroxyl groups excluding tert-OH is 3. The molecule has 5 atom stereocenters. The molecule has 0 saturated carbocycles. The van der Waals surface area contributed by atoms with Gasteiger partial charge in [-0.2, -0.15) is 0 Å². The van der Waals surface area contributed by atoms with Gasteiger partial charge in [0.15, 0.2) is 28.7 Å². The van der Waals surface area contributed by atoms with E-state index in [9.17, 15) is 40.5 Å². The molecule has 13 nitrogen and oxygen atoms in total. The first-order valence-corrected chi connectivity index (χ1v) is 9.80. The van der Waals surface area contributed by atoms with Crippen LogP contribution in [0.15, 0.2) is 24.3 Å². The van der Waals surface area contributed by atoms with E-state index in [1.807, 2.05) is 0 Å². The number of phenols is 4. The number of carbonyl (C=O) groups is 1. The number of aliphatic hydroxyl groups is 3. The van der Waals surface area contributed by atoms with Gasteiger partial charge in [0.25, 0.3) is 0 Å². The number of hydrogen-bond donors (Lipinski definition) is 7. The van der Waals surface area contributed by atoms with E-state index < -0.39 is 60.5 Å². The van der Waals surface area contributed by atoms with E-state index in [0.717, 1.165) is 12.1 Å². The number of aromatic hydroxyl groups is 4. The molecule has 2 aromatic carbocycles. The molecule has 1 heterocycles. The van der Waals surface area contributed by atoms with Crippen molar-refractivity contribution < 1.29 is 64.2 Å². The van der Waals surface area contributed by atoms with Crippen molar-refractivity contribution in [2.75, 3.05) is 20.8 Å². The van der Waals surface area contributed by atoms with Gasteiger partial charge >= 0.3 is 5.97 Å². The summed E-state index contributed by atoms with van der Waals surface area (Å²) in [6.45, 7) is -0.629. The van der Waals surface area contributed by atoms with E-state index in [-0.39, 0.29) is 28.6 Å². The predicted molar refractivity (Wildman–Crippen MR) is 110 cm³/mol. The van der Waals surface area contributed by atoms with Gasteiger partial charge in [0.1, 0.15) is 36.8 Å². The van der Waals surface area contributed by atoms with Gasteiger partial charge in [-0.25, -0.2) is 4.79 Å². The molecular weight excluding hydrogens is 460 g/mol. The molecule has 1 saturated heterocycles. The Balaban J connectivity index is 1.76. The van der Waals surface area contributed by atoms with Crippen molar-refractivity contribution in [3.8, 4) is 40.2 Å². The fourth-order valence-electron chi connectivity index (χ4n) is 3.21. The van der Waals surface area contributed by atoms with Crippen LogP contribution >= 0.6 is 0 Å². The van der Waals surface area contributed by atoms with Gasteiger partial charge in [-0.05, 0) is 12.1 Å². The van der Waals surface area contributed by atoms with Crippen LogP contribution in [0.5, 0.6) is 40.2 Å². The standard InChI is InChI=1S/C21H24O13/c1-30-12-5-9(22)6-13(31-2)19(12)34-21-18(28)17(27)16(26)14(33-21)7-32-20(29)8-3-10(23)15(25)11(24)4-8/h3-6,14,16-18,21-28H,7H2,1-2H3/t14-,16-,17+,18-,21+/m1/s1. The van der Waals surface area contributed by atoms with E-state index >= 15 is 0 Å². The van der Waals surface area contributed by atoms with Crippen LogP contribution in [-0.2, 0) is 9.47 Å². The normalized spacial score (nSPS) is 24.3. The molecule has 0 spiro atoms. The topological polar surface area (TPSA) is 205 Å². The summed E-state index contributed by atoms with van der Waals surface area (Å²) in [6, 6.07) is 4.12. The summed E-state index contributed by atoms with van der Waals surface area (Å²) >= 11 is 0. The van der Waals surface area contributed by atoms with E-state index in [4.69, 9.17) is 23.7 Å². The summed E-state index contributed by atoms with van der Waals surface area (Å²) in [7, 11) is 2.58. The molecule has 0 unspecified atom stereocenters. The predicted octanol–water partition coefficient (Wildman–Crippen LogP) is -0.430. The molecule has 0 radical (unpaired) electrons. The van der Waals surface area contributed by atoms with Crippen molar-refractivity contribution >= 4 is 5.97 Å². The van der Waals surface area contributed by atoms with Crippen molar-refractivity contribution in [1.82, 2.24) is 0 Å². The van der Waals surface area contributed by atoms with Crippen molar-refractivity contribution in [2.24, 2.45) is 0 Å². The summed E-state index contributed by atoms with van der Waals surface area (Å²) in [5.41, 5.74) is -0.315. The molecule has 0 aliphatic carbocycles. The number of phenolic OH excluding ortho intramolecular Hbond substituents is 4. The minimum atomic E-state index is -1.77. The van der Waals surface area contributed by atoms with Gasteiger partial charge in [0.2, 0.25) is 12.0 Å². The molecule has 0 aromatic heterocycles. The van der Waals surface area contributed by atoms with Crippen LogP contribution in [0.4, 0.5) is 0 Å². The second kappa shape index (κ2) is 10.1. The van der Waals surface area contributed by atoms with Crippen molar-refractivity contribution in [3.05, 3.63) is 29.8 Å². The molecule has 13 heteroatoms. The Bertz CT molecular complexity index is 991. The van der Waals surface area contributed by atoms with Gasteiger partial charge in [-0.15, -0.1) is 0 Å². The average Bonchev–Trinajstić information content (AvgIpc) is 2.81. The molecule has 186 valence electrons. The molecule has 0 bridgehead atoms. The fourth-order valence-corrected chi connectivity index (χ4v) is 3.21. The van der Waals surface area contributed by atoms with Gasteiger partial charge in [-0.3, -0.25) is 0 Å². The molecule has 1 fully saturated rings. The lowest BCUT2D eigenvalue weighted by Crippen LogP contribution is -2.60. The number of carbonyl (C=O) groups excluding carboxylic acids is 1. The molecule has 34 heavy (non-hydrogen) atoms. The molecule has 2 aromatic rings. The number of esters is 1. The van der Waals surface area contributed by atoms with Crippen LogP contribution < -0.4 is 14.2 Å². The highest BCUT2D eigenvalue weighted by Gasteiger charge is 2.46. The van der Waals surface area contributed by atoms with E-state index in [2.05, 4.69) is 0 Å². The first-order valence-electron chi connectivity index (χ1n) is 9.80. The van der Waals surface area contributed by atoms with E-state index in [1.54, 1.807) is 0 Å². The lowest BCUT2D eigenvalue weighted by Gasteiger charge is -2.40. The first-order chi connectivity index (χ1) is 16.1. The lowest BCUT2D eigenvalue weighted by atomic mass is 9.99. The quantitative estimate of drug-likeness (QED) is 0.197. The number of methoxy groups -OCH3 is 2. The lowest BCUT2D eigenvalue weighted by molar-refractivity contribution is -0.277. The average molecular weight is 484 g/mol. The minimum absolute atomic E-state index is 0.0168. The second-order valence-corrected chi connectivity index (χ2v) is 7.27. The highest BCUT2D eigenvalue weighted by atomic mass is 16.7. The fraction of sp³-hybridized carbons (Fsp3) is 0.381. The highest BCUT2D eigenvalue weighted by molar-refractivity contribution is 5.91. The maximum absolute atomic E-state index is 12.3. The van der Waals surface area contributed by atoms with Gasteiger partial charge in [-0.1, -0.05) is 0 Å². The molecule has 0 amide bonds. The third kappa shape index (κ3) is 4.97. The smallest absolute Gasteiger partial charge is 0.338 e. The number of benzene rings is 2. The van der Waals surface area contributed by atoms with Crippen LogP contribution in [0.2, 0.25) is 0 Å². The van der Waals surface area contributed by atoms with Crippen LogP contribution in [0.25, 0.3) is 0 Å². The summed E-state index contributed by atoms with van der Waals surface area (Å²) in [5, 5.41) is 69.0. The number of hydrogen-bond acceptors (Lipinski definition) is 13. The summed E-state index contributed by atoms with van der Waals surface area (Å²) < 4.78 is 26.4. The Morgan fingerprint density at radius 2 is 1.44 bits per heavy atom. The molecular formula is C21H24O13. The van der Waals surface area contributed by atoms with Crippen LogP contribution in [0.3, 0.4) is 0 Å². The molecule has 7 N–H and O–H groups in total. The van der Waals surface area contributed by atoms with Crippen molar-refractivity contribution in [2.45, 2.75) is 30.7 Å². The molecule has 3 rings (SSSR count). The zero-order chi connectivity index (χ0) is 25.2. The zero-order valence-electron chi connectivity index (χ0n) is 18.0. The van der Waals surface area contributed by atoms with Crippen LogP contribution in [0, 0.1) is 0 Å². The SMILES string of the molecule is COc1cc(O)cc(OC)c1O[C@@H]1O[C@H](COC(=O)c2cc(O)c(O)c(O)c2)[C@@H](O)[C@H](O)[C@H]1O.